The number of unbranched alkanes of at least 4 members (excludes halogenated alkanes) is 1. The average Bonchev–Trinajstić information content (AvgIpc) is 3.52. The second-order valence-electron chi connectivity index (χ2n) is 13.3. The number of aromatic nitrogens is 2. The number of aryl methyl sites for hydroxylation is 1. The third-order valence-electron chi connectivity index (χ3n) is 8.86. The van der Waals surface area contributed by atoms with Gasteiger partial charge in [-0.15, -0.1) is 0 Å². The fraction of sp³-hybridized carbons (Fsp3) is 0.432. The highest BCUT2D eigenvalue weighted by molar-refractivity contribution is 5.99. The second kappa shape index (κ2) is 12.5. The Morgan fingerprint density at radius 3 is 2.52 bits per heavy atom. The Kier molecular flexibility index (Phi) is 8.48. The zero-order chi connectivity index (χ0) is 30.8. The van der Waals surface area contributed by atoms with Gasteiger partial charge in [-0.25, -0.2) is 9.78 Å². The van der Waals surface area contributed by atoms with E-state index in [0.29, 0.717) is 18.2 Å². The van der Waals surface area contributed by atoms with Crippen LogP contribution in [0.3, 0.4) is 0 Å². The smallest absolute Gasteiger partial charge is 0.428 e. The van der Waals surface area contributed by atoms with Crippen molar-refractivity contribution >= 4 is 28.8 Å². The standard InChI is InChI=1S/C37H43N3O4/c1-5-6-15-34-38-31-22-28(39-24-27-11-7-8-13-30(27)35(39)41)20-21-32(31)40(34)23-25-16-18-26(19-17-25)29-12-9-10-14-33(29)43-36(42)44-37(2,3)4/h9-10,12,14,16-22,27,30H,5-8,11,13,15,23-24H2,1-4H3. The number of amides is 1. The second-order valence-corrected chi connectivity index (χ2v) is 13.3. The lowest BCUT2D eigenvalue weighted by Crippen LogP contribution is -2.27. The Labute approximate surface area is 260 Å². The summed E-state index contributed by atoms with van der Waals surface area (Å²) in [6, 6.07) is 22.2. The largest absolute Gasteiger partial charge is 0.514 e. The van der Waals surface area contributed by atoms with Crippen LogP contribution in [0.25, 0.3) is 22.2 Å². The first kappa shape index (κ1) is 29.9. The van der Waals surface area contributed by atoms with E-state index >= 15 is 0 Å². The van der Waals surface area contributed by atoms with Gasteiger partial charge in [-0.05, 0) is 81.3 Å². The Hall–Kier alpha value is -4.13. The minimum Gasteiger partial charge on any atom is -0.428 e. The topological polar surface area (TPSA) is 73.7 Å². The van der Waals surface area contributed by atoms with E-state index in [1.807, 2.05) is 43.9 Å². The molecule has 0 bridgehead atoms. The van der Waals surface area contributed by atoms with E-state index in [4.69, 9.17) is 14.5 Å². The molecule has 7 heteroatoms. The minimum atomic E-state index is -0.719. The van der Waals surface area contributed by atoms with Crippen molar-refractivity contribution in [2.75, 3.05) is 11.4 Å². The number of ether oxygens (including phenoxy) is 2. The van der Waals surface area contributed by atoms with Crippen molar-refractivity contribution in [3.8, 4) is 16.9 Å². The van der Waals surface area contributed by atoms with Crippen LogP contribution >= 0.6 is 0 Å². The Bertz CT molecular complexity index is 1650. The van der Waals surface area contributed by atoms with Gasteiger partial charge in [0.2, 0.25) is 5.91 Å². The molecule has 44 heavy (non-hydrogen) atoms. The fourth-order valence-corrected chi connectivity index (χ4v) is 6.67. The Balaban J connectivity index is 1.24. The van der Waals surface area contributed by atoms with Crippen LogP contribution in [-0.2, 0) is 22.5 Å². The maximum atomic E-state index is 13.3. The zero-order valence-corrected chi connectivity index (χ0v) is 26.3. The number of para-hydroxylation sites is 1. The van der Waals surface area contributed by atoms with Gasteiger partial charge in [0.25, 0.3) is 0 Å². The summed E-state index contributed by atoms with van der Waals surface area (Å²) in [5.41, 5.74) is 5.30. The van der Waals surface area contributed by atoms with Crippen molar-refractivity contribution in [1.82, 2.24) is 9.55 Å². The van der Waals surface area contributed by atoms with Gasteiger partial charge in [-0.2, -0.15) is 0 Å². The molecule has 2 aliphatic rings. The van der Waals surface area contributed by atoms with Crippen molar-refractivity contribution in [1.29, 1.82) is 0 Å². The van der Waals surface area contributed by atoms with Gasteiger partial charge < -0.3 is 18.9 Å². The van der Waals surface area contributed by atoms with Crippen molar-refractivity contribution in [2.24, 2.45) is 11.8 Å². The Morgan fingerprint density at radius 1 is 1.00 bits per heavy atom. The lowest BCUT2D eigenvalue weighted by molar-refractivity contribution is -0.121. The molecule has 230 valence electrons. The summed E-state index contributed by atoms with van der Waals surface area (Å²) in [4.78, 5) is 32.7. The van der Waals surface area contributed by atoms with Gasteiger partial charge in [0.15, 0.2) is 0 Å². The SMILES string of the molecule is CCCCc1nc2cc(N3CC4CCCCC4C3=O)ccc2n1Cc1ccc(-c2ccccc2OC(=O)OC(C)(C)C)cc1. The molecule has 2 unspecified atom stereocenters. The molecule has 0 spiro atoms. The van der Waals surface area contributed by atoms with Crippen molar-refractivity contribution in [2.45, 2.75) is 84.8 Å². The quantitative estimate of drug-likeness (QED) is 0.151. The first-order chi connectivity index (χ1) is 21.2. The molecular weight excluding hydrogens is 550 g/mol. The predicted molar refractivity (Wildman–Crippen MR) is 174 cm³/mol. The van der Waals surface area contributed by atoms with Crippen molar-refractivity contribution in [3.63, 3.8) is 0 Å². The molecule has 1 amide bonds. The zero-order valence-electron chi connectivity index (χ0n) is 26.3. The van der Waals surface area contributed by atoms with Gasteiger partial charge in [0, 0.05) is 36.7 Å². The predicted octanol–water partition coefficient (Wildman–Crippen LogP) is 8.56. The number of imidazole rings is 1. The van der Waals surface area contributed by atoms with Crippen LogP contribution in [0.4, 0.5) is 10.5 Å². The molecule has 0 N–H and O–H groups in total. The summed E-state index contributed by atoms with van der Waals surface area (Å²) in [5.74, 6) is 2.50. The van der Waals surface area contributed by atoms with E-state index in [1.54, 1.807) is 6.07 Å². The van der Waals surface area contributed by atoms with Crippen LogP contribution in [0.2, 0.25) is 0 Å². The van der Waals surface area contributed by atoms with Crippen LogP contribution in [-0.4, -0.2) is 33.8 Å². The molecule has 2 fully saturated rings. The maximum Gasteiger partial charge on any atom is 0.514 e. The molecule has 7 nitrogen and oxygen atoms in total. The van der Waals surface area contributed by atoms with Crippen LogP contribution in [0.15, 0.2) is 66.7 Å². The van der Waals surface area contributed by atoms with Crippen LogP contribution in [0.1, 0.15) is 77.6 Å². The number of benzene rings is 3. The molecule has 1 aliphatic heterocycles. The molecule has 1 saturated heterocycles. The average molecular weight is 594 g/mol. The van der Waals surface area contributed by atoms with Crippen molar-refractivity contribution < 1.29 is 19.1 Å². The monoisotopic (exact) mass is 593 g/mol. The highest BCUT2D eigenvalue weighted by Gasteiger charge is 2.41. The fourth-order valence-electron chi connectivity index (χ4n) is 6.67. The third kappa shape index (κ3) is 6.37. The first-order valence-corrected chi connectivity index (χ1v) is 16.1. The van der Waals surface area contributed by atoms with E-state index in [-0.39, 0.29) is 11.8 Å². The number of nitrogens with zero attached hydrogens (tertiary/aromatic N) is 3. The number of fused-ring (bicyclic) bond motifs is 2. The molecule has 3 aromatic carbocycles. The first-order valence-electron chi connectivity index (χ1n) is 16.1. The van der Waals surface area contributed by atoms with Crippen molar-refractivity contribution in [3.05, 3.63) is 78.1 Å². The lowest BCUT2D eigenvalue weighted by Gasteiger charge is -2.21. The molecule has 1 aromatic heterocycles. The highest BCUT2D eigenvalue weighted by atomic mass is 16.7. The van der Waals surface area contributed by atoms with E-state index in [0.717, 1.165) is 77.9 Å². The number of carbonyl (C=O) groups excluding carboxylic acids is 2. The van der Waals surface area contributed by atoms with E-state index in [1.165, 1.54) is 12.8 Å². The molecule has 4 aromatic rings. The lowest BCUT2D eigenvalue weighted by atomic mass is 9.81. The molecule has 6 rings (SSSR count). The molecule has 2 atom stereocenters. The van der Waals surface area contributed by atoms with E-state index in [9.17, 15) is 9.59 Å². The van der Waals surface area contributed by atoms with Gasteiger partial charge in [0.1, 0.15) is 17.2 Å². The van der Waals surface area contributed by atoms with Crippen LogP contribution < -0.4 is 9.64 Å². The normalized spacial score (nSPS) is 18.5. The maximum absolute atomic E-state index is 13.3. The number of anilines is 1. The molecule has 1 aliphatic carbocycles. The summed E-state index contributed by atoms with van der Waals surface area (Å²) in [5, 5.41) is 0. The van der Waals surface area contributed by atoms with Crippen LogP contribution in [0.5, 0.6) is 5.75 Å². The summed E-state index contributed by atoms with van der Waals surface area (Å²) in [6.45, 7) is 9.17. The van der Waals surface area contributed by atoms with Gasteiger partial charge >= 0.3 is 6.16 Å². The minimum absolute atomic E-state index is 0.191. The van der Waals surface area contributed by atoms with E-state index < -0.39 is 11.8 Å². The number of hydrogen-bond donors (Lipinski definition) is 0. The Morgan fingerprint density at radius 2 is 1.77 bits per heavy atom. The van der Waals surface area contributed by atoms with Gasteiger partial charge in [-0.3, -0.25) is 4.79 Å². The molecule has 1 saturated carbocycles. The summed E-state index contributed by atoms with van der Waals surface area (Å²) in [7, 11) is 0. The number of carbonyl (C=O) groups is 2. The van der Waals surface area contributed by atoms with E-state index in [2.05, 4.69) is 54.0 Å². The third-order valence-corrected chi connectivity index (χ3v) is 8.86. The summed E-state index contributed by atoms with van der Waals surface area (Å²) in [6.07, 6.45) is 6.93. The van der Waals surface area contributed by atoms with Gasteiger partial charge in [-0.1, -0.05) is 68.7 Å². The molecular formula is C37H43N3O4. The summed E-state index contributed by atoms with van der Waals surface area (Å²) >= 11 is 0. The number of hydrogen-bond acceptors (Lipinski definition) is 5. The molecule has 2 heterocycles. The van der Waals surface area contributed by atoms with Crippen LogP contribution in [0, 0.1) is 11.8 Å². The van der Waals surface area contributed by atoms with Gasteiger partial charge in [0.05, 0.1) is 11.0 Å². The molecule has 0 radical (unpaired) electrons. The number of rotatable bonds is 8. The summed E-state index contributed by atoms with van der Waals surface area (Å²) < 4.78 is 13.2. The highest BCUT2D eigenvalue weighted by Crippen LogP contribution is 2.40.